The molecule has 1 unspecified atom stereocenters. The second-order valence-electron chi connectivity index (χ2n) is 3.92. The smallest absolute Gasteiger partial charge is 0.0946 e. The summed E-state index contributed by atoms with van der Waals surface area (Å²) in [6, 6.07) is 5.26. The van der Waals surface area contributed by atoms with E-state index in [-0.39, 0.29) is 0 Å². The Bertz CT molecular complexity index is 502. The Morgan fingerprint density at radius 3 is 2.83 bits per heavy atom. The number of nitrogens with one attached hydrogen (secondary N) is 1. The largest absolute Gasteiger partial charge is 0.389 e. The van der Waals surface area contributed by atoms with E-state index in [4.69, 9.17) is 23.2 Å². The number of hydrogen-bond acceptors (Lipinski definition) is 3. The minimum atomic E-state index is -0.506. The quantitative estimate of drug-likeness (QED) is 0.888. The number of nitrogens with zero attached hydrogens (tertiary/aromatic N) is 2. The summed E-state index contributed by atoms with van der Waals surface area (Å²) in [5.74, 6) is 0. The molecule has 1 atom stereocenters. The second-order valence-corrected chi connectivity index (χ2v) is 4.74. The molecule has 2 rings (SSSR count). The van der Waals surface area contributed by atoms with Gasteiger partial charge in [-0.15, -0.1) is 0 Å². The Labute approximate surface area is 115 Å². The molecular formula is C12H13Cl2N3O. The second kappa shape index (κ2) is 6.09. The van der Waals surface area contributed by atoms with Crippen molar-refractivity contribution in [3.8, 4) is 0 Å². The van der Waals surface area contributed by atoms with Crippen molar-refractivity contribution in [3.63, 3.8) is 0 Å². The summed E-state index contributed by atoms with van der Waals surface area (Å²) in [5.41, 5.74) is 0.828. The molecule has 2 N–H and O–H groups in total. The van der Waals surface area contributed by atoms with Gasteiger partial charge in [-0.25, -0.2) is 4.98 Å². The Balaban J connectivity index is 1.85. The zero-order valence-corrected chi connectivity index (χ0v) is 11.1. The van der Waals surface area contributed by atoms with Gasteiger partial charge in [0.1, 0.15) is 0 Å². The molecular weight excluding hydrogens is 273 g/mol. The van der Waals surface area contributed by atoms with E-state index in [1.165, 1.54) is 0 Å². The van der Waals surface area contributed by atoms with Gasteiger partial charge in [-0.05, 0) is 18.2 Å². The van der Waals surface area contributed by atoms with Crippen molar-refractivity contribution in [2.75, 3.05) is 11.9 Å². The highest BCUT2D eigenvalue weighted by Gasteiger charge is 2.05. The topological polar surface area (TPSA) is 50.1 Å². The first-order valence-electron chi connectivity index (χ1n) is 5.48. The van der Waals surface area contributed by atoms with Crippen LogP contribution in [0.1, 0.15) is 0 Å². The van der Waals surface area contributed by atoms with E-state index in [1.807, 2.05) is 16.8 Å². The van der Waals surface area contributed by atoms with Gasteiger partial charge in [0.05, 0.1) is 29.0 Å². The number of aliphatic hydroxyl groups excluding tert-OH is 1. The molecule has 0 bridgehead atoms. The number of benzene rings is 1. The van der Waals surface area contributed by atoms with Crippen molar-refractivity contribution >= 4 is 28.9 Å². The van der Waals surface area contributed by atoms with Crippen molar-refractivity contribution in [1.29, 1.82) is 0 Å². The first kappa shape index (κ1) is 13.2. The predicted octanol–water partition coefficient (Wildman–Crippen LogP) is 2.66. The molecule has 0 aliphatic heterocycles. The first-order valence-corrected chi connectivity index (χ1v) is 6.23. The minimum absolute atomic E-state index is 0.427. The van der Waals surface area contributed by atoms with Crippen LogP contribution in [0.3, 0.4) is 0 Å². The van der Waals surface area contributed by atoms with E-state index in [9.17, 15) is 5.11 Å². The number of rotatable bonds is 5. The average Bonchev–Trinajstić information content (AvgIpc) is 2.83. The molecule has 18 heavy (non-hydrogen) atoms. The van der Waals surface area contributed by atoms with Crippen molar-refractivity contribution in [1.82, 2.24) is 9.55 Å². The lowest BCUT2D eigenvalue weighted by molar-refractivity contribution is 0.166. The Kier molecular flexibility index (Phi) is 4.47. The SMILES string of the molecule is OC(CNc1ccc(Cl)c(Cl)c1)Cn1ccnc1. The molecule has 2 aromatic rings. The predicted molar refractivity (Wildman–Crippen MR) is 73.2 cm³/mol. The molecule has 0 aliphatic carbocycles. The van der Waals surface area contributed by atoms with Crippen LogP contribution in [0.25, 0.3) is 0 Å². The van der Waals surface area contributed by atoms with E-state index >= 15 is 0 Å². The normalized spacial score (nSPS) is 12.4. The van der Waals surface area contributed by atoms with E-state index in [2.05, 4.69) is 10.3 Å². The third kappa shape index (κ3) is 3.63. The lowest BCUT2D eigenvalue weighted by atomic mass is 10.3. The van der Waals surface area contributed by atoms with Gasteiger partial charge in [-0.3, -0.25) is 0 Å². The molecule has 1 heterocycles. The molecule has 0 saturated carbocycles. The molecule has 1 aromatic carbocycles. The van der Waals surface area contributed by atoms with E-state index in [0.29, 0.717) is 23.1 Å². The van der Waals surface area contributed by atoms with Crippen LogP contribution in [0.2, 0.25) is 10.0 Å². The molecule has 0 aliphatic rings. The molecule has 1 aromatic heterocycles. The maximum atomic E-state index is 9.84. The Morgan fingerprint density at radius 1 is 1.33 bits per heavy atom. The number of imidazole rings is 1. The summed E-state index contributed by atoms with van der Waals surface area (Å²) in [4.78, 5) is 3.91. The van der Waals surface area contributed by atoms with Crippen LogP contribution in [-0.4, -0.2) is 27.3 Å². The van der Waals surface area contributed by atoms with Crippen LogP contribution in [0.15, 0.2) is 36.9 Å². The van der Waals surface area contributed by atoms with Crippen molar-refractivity contribution < 1.29 is 5.11 Å². The maximum Gasteiger partial charge on any atom is 0.0946 e. The maximum absolute atomic E-state index is 9.84. The van der Waals surface area contributed by atoms with Crippen LogP contribution in [0.5, 0.6) is 0 Å². The first-order chi connectivity index (χ1) is 8.65. The molecule has 96 valence electrons. The summed E-state index contributed by atoms with van der Waals surface area (Å²) in [6.45, 7) is 0.921. The highest BCUT2D eigenvalue weighted by Crippen LogP contribution is 2.24. The average molecular weight is 286 g/mol. The summed E-state index contributed by atoms with van der Waals surface area (Å²) in [5, 5.41) is 13.9. The van der Waals surface area contributed by atoms with Crippen LogP contribution in [0.4, 0.5) is 5.69 Å². The Morgan fingerprint density at radius 2 is 2.17 bits per heavy atom. The molecule has 0 radical (unpaired) electrons. The van der Waals surface area contributed by atoms with Crippen molar-refractivity contribution in [3.05, 3.63) is 47.0 Å². The molecule has 6 heteroatoms. The highest BCUT2D eigenvalue weighted by molar-refractivity contribution is 6.42. The van der Waals surface area contributed by atoms with Crippen LogP contribution in [0, 0.1) is 0 Å². The van der Waals surface area contributed by atoms with E-state index < -0.39 is 6.10 Å². The fraction of sp³-hybridized carbons (Fsp3) is 0.250. The highest BCUT2D eigenvalue weighted by atomic mass is 35.5. The molecule has 4 nitrogen and oxygen atoms in total. The van der Waals surface area contributed by atoms with Crippen LogP contribution >= 0.6 is 23.2 Å². The van der Waals surface area contributed by atoms with Gasteiger partial charge in [-0.2, -0.15) is 0 Å². The van der Waals surface area contributed by atoms with Gasteiger partial charge in [0, 0.05) is 24.6 Å². The molecule has 0 fully saturated rings. The number of halogens is 2. The van der Waals surface area contributed by atoms with Crippen LogP contribution < -0.4 is 5.32 Å². The number of anilines is 1. The van der Waals surface area contributed by atoms with Gasteiger partial charge in [0.25, 0.3) is 0 Å². The number of hydrogen-bond donors (Lipinski definition) is 2. The third-order valence-electron chi connectivity index (χ3n) is 2.44. The zero-order valence-electron chi connectivity index (χ0n) is 9.55. The monoisotopic (exact) mass is 285 g/mol. The Hall–Kier alpha value is -1.23. The van der Waals surface area contributed by atoms with E-state index in [1.54, 1.807) is 24.7 Å². The van der Waals surface area contributed by atoms with Gasteiger partial charge in [-0.1, -0.05) is 23.2 Å². The fourth-order valence-electron chi connectivity index (χ4n) is 1.54. The van der Waals surface area contributed by atoms with Crippen molar-refractivity contribution in [2.24, 2.45) is 0 Å². The lowest BCUT2D eigenvalue weighted by Gasteiger charge is -2.13. The lowest BCUT2D eigenvalue weighted by Crippen LogP contribution is -2.24. The third-order valence-corrected chi connectivity index (χ3v) is 3.18. The molecule has 0 spiro atoms. The van der Waals surface area contributed by atoms with Gasteiger partial charge in [0.2, 0.25) is 0 Å². The summed E-state index contributed by atoms with van der Waals surface area (Å²) in [7, 11) is 0. The zero-order chi connectivity index (χ0) is 13.0. The van der Waals surface area contributed by atoms with Gasteiger partial charge in [0.15, 0.2) is 0 Å². The molecule has 0 amide bonds. The summed E-state index contributed by atoms with van der Waals surface area (Å²) >= 11 is 11.7. The number of aromatic nitrogens is 2. The molecule has 0 saturated heterocycles. The minimum Gasteiger partial charge on any atom is -0.389 e. The standard InChI is InChI=1S/C12H13Cl2N3O/c13-11-2-1-9(5-12(11)14)16-6-10(18)7-17-4-3-15-8-17/h1-5,8,10,16,18H,6-7H2. The van der Waals surface area contributed by atoms with Gasteiger partial charge < -0.3 is 15.0 Å². The summed E-state index contributed by atoms with van der Waals surface area (Å²) < 4.78 is 1.82. The van der Waals surface area contributed by atoms with E-state index in [0.717, 1.165) is 5.69 Å². The summed E-state index contributed by atoms with van der Waals surface area (Å²) in [6.07, 6.45) is 4.65. The fourth-order valence-corrected chi connectivity index (χ4v) is 1.84. The van der Waals surface area contributed by atoms with Crippen LogP contribution in [-0.2, 0) is 6.54 Å². The number of aliphatic hydroxyl groups is 1. The van der Waals surface area contributed by atoms with Gasteiger partial charge >= 0.3 is 0 Å². The van der Waals surface area contributed by atoms with Crippen molar-refractivity contribution in [2.45, 2.75) is 12.6 Å².